The van der Waals surface area contributed by atoms with Crippen LogP contribution in [0.5, 0.6) is 0 Å². The van der Waals surface area contributed by atoms with E-state index in [1.807, 2.05) is 0 Å². The van der Waals surface area contributed by atoms with Crippen molar-refractivity contribution in [1.82, 2.24) is 0 Å². The van der Waals surface area contributed by atoms with Gasteiger partial charge in [0.1, 0.15) is 23.3 Å². The van der Waals surface area contributed by atoms with Crippen molar-refractivity contribution >= 4 is 0 Å². The molecular formula is C15H7F3N2. The van der Waals surface area contributed by atoms with E-state index < -0.39 is 34.1 Å². The SMILES string of the molecule is Cc1ccccc1-c1c(F)c(F)c(C#N)c(C#N)c1F. The zero-order chi connectivity index (χ0) is 14.9. The molecular weight excluding hydrogens is 265 g/mol. The van der Waals surface area contributed by atoms with E-state index in [9.17, 15) is 13.2 Å². The van der Waals surface area contributed by atoms with Gasteiger partial charge >= 0.3 is 0 Å². The van der Waals surface area contributed by atoms with E-state index in [-0.39, 0.29) is 5.56 Å². The van der Waals surface area contributed by atoms with E-state index >= 15 is 0 Å². The highest BCUT2D eigenvalue weighted by Crippen LogP contribution is 2.33. The van der Waals surface area contributed by atoms with E-state index in [4.69, 9.17) is 10.5 Å². The summed E-state index contributed by atoms with van der Waals surface area (Å²) in [4.78, 5) is 0. The predicted molar refractivity (Wildman–Crippen MR) is 65.9 cm³/mol. The Morgan fingerprint density at radius 3 is 1.95 bits per heavy atom. The summed E-state index contributed by atoms with van der Waals surface area (Å²) >= 11 is 0. The zero-order valence-corrected chi connectivity index (χ0v) is 10.3. The lowest BCUT2D eigenvalue weighted by molar-refractivity contribution is 0.495. The summed E-state index contributed by atoms with van der Waals surface area (Å²) in [6.07, 6.45) is 0. The molecule has 0 atom stereocenters. The standard InChI is InChI=1S/C15H7F3N2/c1-8-4-2-3-5-9(8)12-13(16)10(6-19)11(7-20)14(17)15(12)18/h2-5H,1H3. The van der Waals surface area contributed by atoms with Crippen molar-refractivity contribution in [3.05, 3.63) is 58.4 Å². The number of hydrogen-bond acceptors (Lipinski definition) is 2. The van der Waals surface area contributed by atoms with E-state index in [0.717, 1.165) is 0 Å². The third-order valence-electron chi connectivity index (χ3n) is 2.96. The maximum absolute atomic E-state index is 14.2. The van der Waals surface area contributed by atoms with Crippen molar-refractivity contribution in [1.29, 1.82) is 10.5 Å². The molecule has 2 aromatic carbocycles. The predicted octanol–water partition coefficient (Wildman–Crippen LogP) is 3.82. The Hall–Kier alpha value is -2.79. The fraction of sp³-hybridized carbons (Fsp3) is 0.0667. The first-order chi connectivity index (χ1) is 9.52. The van der Waals surface area contributed by atoms with Crippen LogP contribution in [0.1, 0.15) is 16.7 Å². The Morgan fingerprint density at radius 2 is 1.40 bits per heavy atom. The van der Waals surface area contributed by atoms with Crippen molar-refractivity contribution in [2.24, 2.45) is 0 Å². The Balaban J connectivity index is 2.94. The van der Waals surface area contributed by atoms with Gasteiger partial charge in [-0.05, 0) is 18.1 Å². The number of nitrogens with zero attached hydrogens (tertiary/aromatic N) is 2. The van der Waals surface area contributed by atoms with Gasteiger partial charge in [0.2, 0.25) is 0 Å². The van der Waals surface area contributed by atoms with Gasteiger partial charge in [0, 0.05) is 0 Å². The highest BCUT2D eigenvalue weighted by molar-refractivity contribution is 5.72. The number of hydrogen-bond donors (Lipinski definition) is 0. The van der Waals surface area contributed by atoms with Crippen LogP contribution in [0, 0.1) is 47.0 Å². The molecule has 0 heterocycles. The average molecular weight is 272 g/mol. The highest BCUT2D eigenvalue weighted by atomic mass is 19.2. The number of rotatable bonds is 1. The van der Waals surface area contributed by atoms with Crippen LogP contribution >= 0.6 is 0 Å². The first-order valence-corrected chi connectivity index (χ1v) is 5.59. The molecule has 0 radical (unpaired) electrons. The molecule has 0 saturated heterocycles. The average Bonchev–Trinajstić information content (AvgIpc) is 2.44. The van der Waals surface area contributed by atoms with Crippen molar-refractivity contribution in [3.63, 3.8) is 0 Å². The Labute approximate surface area is 113 Å². The summed E-state index contributed by atoms with van der Waals surface area (Å²) in [5, 5.41) is 17.6. The monoisotopic (exact) mass is 272 g/mol. The van der Waals surface area contributed by atoms with Gasteiger partial charge in [0.25, 0.3) is 0 Å². The van der Waals surface area contributed by atoms with Gasteiger partial charge in [0.05, 0.1) is 5.56 Å². The first-order valence-electron chi connectivity index (χ1n) is 5.59. The molecule has 2 rings (SSSR count). The number of nitriles is 2. The van der Waals surface area contributed by atoms with Crippen molar-refractivity contribution < 1.29 is 13.2 Å². The van der Waals surface area contributed by atoms with Crippen LogP contribution in [0.4, 0.5) is 13.2 Å². The molecule has 0 aliphatic carbocycles. The molecule has 0 bridgehead atoms. The molecule has 5 heteroatoms. The van der Waals surface area contributed by atoms with Gasteiger partial charge in [-0.1, -0.05) is 24.3 Å². The minimum Gasteiger partial charge on any atom is -0.205 e. The molecule has 0 spiro atoms. The quantitative estimate of drug-likeness (QED) is 0.741. The second kappa shape index (κ2) is 5.07. The Bertz CT molecular complexity index is 783. The Kier molecular flexibility index (Phi) is 3.45. The lowest BCUT2D eigenvalue weighted by Crippen LogP contribution is -2.04. The molecule has 0 aromatic heterocycles. The largest absolute Gasteiger partial charge is 0.205 e. The minimum atomic E-state index is -1.51. The van der Waals surface area contributed by atoms with E-state index in [2.05, 4.69) is 0 Å². The van der Waals surface area contributed by atoms with Crippen molar-refractivity contribution in [2.75, 3.05) is 0 Å². The van der Waals surface area contributed by atoms with Crippen molar-refractivity contribution in [2.45, 2.75) is 6.92 Å². The molecule has 2 aromatic rings. The third kappa shape index (κ3) is 1.90. The van der Waals surface area contributed by atoms with Gasteiger partial charge in [-0.25, -0.2) is 13.2 Å². The van der Waals surface area contributed by atoms with Crippen molar-refractivity contribution in [3.8, 4) is 23.3 Å². The molecule has 0 aliphatic heterocycles. The highest BCUT2D eigenvalue weighted by Gasteiger charge is 2.26. The van der Waals surface area contributed by atoms with Gasteiger partial charge in [-0.2, -0.15) is 10.5 Å². The lowest BCUT2D eigenvalue weighted by atomic mass is 9.95. The molecule has 0 fully saturated rings. The van der Waals surface area contributed by atoms with E-state index in [0.29, 0.717) is 5.56 Å². The Morgan fingerprint density at radius 1 is 0.850 bits per heavy atom. The fourth-order valence-corrected chi connectivity index (χ4v) is 1.96. The first kappa shape index (κ1) is 13.6. The summed E-state index contributed by atoms with van der Waals surface area (Å²) in [6.45, 7) is 1.61. The summed E-state index contributed by atoms with van der Waals surface area (Å²) in [5.41, 5.74) is -1.67. The smallest absolute Gasteiger partial charge is 0.178 e. The molecule has 20 heavy (non-hydrogen) atoms. The van der Waals surface area contributed by atoms with Crippen LogP contribution in [0.3, 0.4) is 0 Å². The van der Waals surface area contributed by atoms with Crippen LogP contribution < -0.4 is 0 Å². The van der Waals surface area contributed by atoms with E-state index in [1.54, 1.807) is 25.1 Å². The third-order valence-corrected chi connectivity index (χ3v) is 2.96. The number of aryl methyl sites for hydroxylation is 1. The molecule has 0 saturated carbocycles. The normalized spacial score (nSPS) is 9.90. The van der Waals surface area contributed by atoms with Crippen LogP contribution in [0.2, 0.25) is 0 Å². The molecule has 0 N–H and O–H groups in total. The second-order valence-corrected chi connectivity index (χ2v) is 4.11. The van der Waals surface area contributed by atoms with Gasteiger partial charge in [0.15, 0.2) is 17.5 Å². The maximum atomic E-state index is 14.2. The van der Waals surface area contributed by atoms with Crippen LogP contribution in [0.15, 0.2) is 24.3 Å². The number of halogens is 3. The summed E-state index contributed by atoms with van der Waals surface area (Å²) in [5.74, 6) is -4.20. The summed E-state index contributed by atoms with van der Waals surface area (Å²) < 4.78 is 42.1. The zero-order valence-electron chi connectivity index (χ0n) is 10.3. The van der Waals surface area contributed by atoms with Crippen LogP contribution in [-0.2, 0) is 0 Å². The van der Waals surface area contributed by atoms with Gasteiger partial charge in [-0.15, -0.1) is 0 Å². The summed E-state index contributed by atoms with van der Waals surface area (Å²) in [6, 6.07) is 8.96. The van der Waals surface area contributed by atoms with Crippen LogP contribution in [-0.4, -0.2) is 0 Å². The van der Waals surface area contributed by atoms with Gasteiger partial charge < -0.3 is 0 Å². The fourth-order valence-electron chi connectivity index (χ4n) is 1.96. The number of benzene rings is 2. The van der Waals surface area contributed by atoms with Crippen LogP contribution in [0.25, 0.3) is 11.1 Å². The molecule has 2 nitrogen and oxygen atoms in total. The molecule has 0 amide bonds. The second-order valence-electron chi connectivity index (χ2n) is 4.11. The topological polar surface area (TPSA) is 47.6 Å². The maximum Gasteiger partial charge on any atom is 0.178 e. The minimum absolute atomic E-state index is 0.141. The molecule has 0 aliphatic rings. The van der Waals surface area contributed by atoms with Gasteiger partial charge in [-0.3, -0.25) is 0 Å². The summed E-state index contributed by atoms with van der Waals surface area (Å²) in [7, 11) is 0. The van der Waals surface area contributed by atoms with E-state index in [1.165, 1.54) is 18.2 Å². The molecule has 98 valence electrons. The lowest BCUT2D eigenvalue weighted by Gasteiger charge is -2.11. The molecule has 0 unspecified atom stereocenters.